The van der Waals surface area contributed by atoms with E-state index in [1.807, 2.05) is 0 Å². The lowest BCUT2D eigenvalue weighted by Crippen LogP contribution is -2.10. The van der Waals surface area contributed by atoms with Gasteiger partial charge in [0.15, 0.2) is 0 Å². The van der Waals surface area contributed by atoms with Crippen molar-refractivity contribution >= 4 is 23.5 Å². The highest BCUT2D eigenvalue weighted by atomic mass is 16.5. The van der Waals surface area contributed by atoms with Gasteiger partial charge in [-0.15, -0.1) is 0 Å². The summed E-state index contributed by atoms with van der Waals surface area (Å²) < 4.78 is 4.98. The Morgan fingerprint density at radius 1 is 1.00 bits per heavy atom. The zero-order valence-corrected chi connectivity index (χ0v) is 14.7. The topological polar surface area (TPSA) is 107 Å². The lowest BCUT2D eigenvalue weighted by atomic mass is 10.1. The molecule has 0 aliphatic carbocycles. The van der Waals surface area contributed by atoms with E-state index in [0.29, 0.717) is 29.4 Å². The average molecular weight is 362 g/mol. The third-order valence-corrected chi connectivity index (χ3v) is 3.77. The summed E-state index contributed by atoms with van der Waals surface area (Å²) in [5.74, 6) is -0.423. The second kappa shape index (κ2) is 8.09. The molecule has 0 bridgehead atoms. The Bertz CT molecular complexity index is 954. The lowest BCUT2D eigenvalue weighted by Gasteiger charge is -2.08. The van der Waals surface area contributed by atoms with Crippen LogP contribution in [0, 0.1) is 0 Å². The lowest BCUT2D eigenvalue weighted by molar-refractivity contribution is 0.0526. The quantitative estimate of drug-likeness (QED) is 0.652. The Balaban J connectivity index is 1.77. The van der Waals surface area contributed by atoms with Gasteiger partial charge in [-0.1, -0.05) is 12.1 Å². The number of hydrogen-bond acceptors (Lipinski definition) is 6. The number of ether oxygens (including phenoxy) is 1. The molecule has 0 aliphatic rings. The summed E-state index contributed by atoms with van der Waals surface area (Å²) in [6, 6.07) is 15.5. The maximum absolute atomic E-state index is 11.7. The Morgan fingerprint density at radius 3 is 2.30 bits per heavy atom. The van der Waals surface area contributed by atoms with Crippen LogP contribution in [-0.2, 0) is 4.74 Å². The Hall–Kier alpha value is -3.74. The average Bonchev–Trinajstić information content (AvgIpc) is 2.69. The SMILES string of the molecule is CCOC(=O)c1ccc(-c2ccnc(Nc3ccc(C(N)=O)cc3)n2)cc1. The molecule has 1 amide bonds. The number of nitrogens with one attached hydrogen (secondary N) is 1. The highest BCUT2D eigenvalue weighted by Gasteiger charge is 2.08. The van der Waals surface area contributed by atoms with Crippen LogP contribution in [0.4, 0.5) is 11.6 Å². The predicted octanol–water partition coefficient (Wildman–Crippen LogP) is 3.16. The second-order valence-electron chi connectivity index (χ2n) is 5.63. The minimum absolute atomic E-state index is 0.335. The van der Waals surface area contributed by atoms with E-state index in [2.05, 4.69) is 15.3 Å². The molecule has 2 aromatic carbocycles. The predicted molar refractivity (Wildman–Crippen MR) is 102 cm³/mol. The molecule has 0 saturated heterocycles. The Morgan fingerprint density at radius 2 is 1.67 bits per heavy atom. The van der Waals surface area contributed by atoms with Crippen molar-refractivity contribution < 1.29 is 14.3 Å². The molecule has 0 radical (unpaired) electrons. The highest BCUT2D eigenvalue weighted by Crippen LogP contribution is 2.20. The molecule has 0 atom stereocenters. The molecule has 3 N–H and O–H groups in total. The van der Waals surface area contributed by atoms with Gasteiger partial charge in [0.1, 0.15) is 0 Å². The van der Waals surface area contributed by atoms with Crippen molar-refractivity contribution in [1.82, 2.24) is 9.97 Å². The Labute approximate surface area is 156 Å². The zero-order chi connectivity index (χ0) is 19.2. The van der Waals surface area contributed by atoms with E-state index in [1.54, 1.807) is 67.7 Å². The van der Waals surface area contributed by atoms with Gasteiger partial charge in [-0.2, -0.15) is 0 Å². The van der Waals surface area contributed by atoms with E-state index in [1.165, 1.54) is 0 Å². The first-order valence-corrected chi connectivity index (χ1v) is 8.34. The molecule has 7 heteroatoms. The van der Waals surface area contributed by atoms with Gasteiger partial charge in [-0.25, -0.2) is 14.8 Å². The molecule has 27 heavy (non-hydrogen) atoms. The number of anilines is 2. The van der Waals surface area contributed by atoms with Gasteiger partial charge < -0.3 is 15.8 Å². The number of carbonyl (C=O) groups excluding carboxylic acids is 2. The number of amides is 1. The van der Waals surface area contributed by atoms with E-state index in [-0.39, 0.29) is 5.97 Å². The molecular formula is C20H18N4O3. The highest BCUT2D eigenvalue weighted by molar-refractivity contribution is 5.93. The van der Waals surface area contributed by atoms with Gasteiger partial charge in [0, 0.05) is 23.0 Å². The Kier molecular flexibility index (Phi) is 5.41. The minimum Gasteiger partial charge on any atom is -0.462 e. The summed E-state index contributed by atoms with van der Waals surface area (Å²) in [4.78, 5) is 31.5. The number of esters is 1. The number of carbonyl (C=O) groups is 2. The summed E-state index contributed by atoms with van der Waals surface area (Å²) in [5.41, 5.74) is 8.43. The van der Waals surface area contributed by atoms with Gasteiger partial charge in [-0.05, 0) is 49.4 Å². The molecule has 3 aromatic rings. The first kappa shape index (κ1) is 18.1. The van der Waals surface area contributed by atoms with E-state index < -0.39 is 5.91 Å². The van der Waals surface area contributed by atoms with Crippen molar-refractivity contribution in [1.29, 1.82) is 0 Å². The van der Waals surface area contributed by atoms with Crippen LogP contribution < -0.4 is 11.1 Å². The normalized spacial score (nSPS) is 10.3. The molecule has 7 nitrogen and oxygen atoms in total. The van der Waals surface area contributed by atoms with Crippen LogP contribution in [-0.4, -0.2) is 28.5 Å². The maximum Gasteiger partial charge on any atom is 0.338 e. The summed E-state index contributed by atoms with van der Waals surface area (Å²) in [6.07, 6.45) is 1.64. The largest absolute Gasteiger partial charge is 0.462 e. The standard InChI is InChI=1S/C20H18N4O3/c1-2-27-19(26)15-5-3-13(4-6-15)17-11-12-22-20(24-17)23-16-9-7-14(8-10-16)18(21)25/h3-12H,2H2,1H3,(H2,21,25)(H,22,23,24). The van der Waals surface area contributed by atoms with Gasteiger partial charge in [0.05, 0.1) is 17.9 Å². The van der Waals surface area contributed by atoms with Crippen LogP contribution in [0.1, 0.15) is 27.6 Å². The smallest absolute Gasteiger partial charge is 0.338 e. The molecule has 1 heterocycles. The minimum atomic E-state index is -0.480. The molecule has 1 aromatic heterocycles. The van der Waals surface area contributed by atoms with Gasteiger partial charge in [0.2, 0.25) is 11.9 Å². The fourth-order valence-electron chi connectivity index (χ4n) is 2.42. The third kappa shape index (κ3) is 4.46. The van der Waals surface area contributed by atoms with Crippen LogP contribution in [0.25, 0.3) is 11.3 Å². The van der Waals surface area contributed by atoms with Gasteiger partial charge >= 0.3 is 5.97 Å². The van der Waals surface area contributed by atoms with Crippen LogP contribution in [0.2, 0.25) is 0 Å². The number of primary amides is 1. The monoisotopic (exact) mass is 362 g/mol. The molecule has 3 rings (SSSR count). The molecule has 0 unspecified atom stereocenters. The van der Waals surface area contributed by atoms with E-state index >= 15 is 0 Å². The van der Waals surface area contributed by atoms with Crippen molar-refractivity contribution in [3.63, 3.8) is 0 Å². The summed E-state index contributed by atoms with van der Waals surface area (Å²) >= 11 is 0. The fourth-order valence-corrected chi connectivity index (χ4v) is 2.42. The number of benzene rings is 2. The number of aromatic nitrogens is 2. The summed E-state index contributed by atoms with van der Waals surface area (Å²) in [6.45, 7) is 2.10. The van der Waals surface area contributed by atoms with Crippen LogP contribution in [0.3, 0.4) is 0 Å². The second-order valence-corrected chi connectivity index (χ2v) is 5.63. The van der Waals surface area contributed by atoms with Crippen molar-refractivity contribution in [2.45, 2.75) is 6.92 Å². The fraction of sp³-hybridized carbons (Fsp3) is 0.100. The summed E-state index contributed by atoms with van der Waals surface area (Å²) in [7, 11) is 0. The van der Waals surface area contributed by atoms with E-state index in [0.717, 1.165) is 11.3 Å². The third-order valence-electron chi connectivity index (χ3n) is 3.77. The maximum atomic E-state index is 11.7. The molecule has 0 saturated carbocycles. The molecule has 0 spiro atoms. The van der Waals surface area contributed by atoms with Gasteiger partial charge in [0.25, 0.3) is 0 Å². The van der Waals surface area contributed by atoms with Crippen LogP contribution in [0.15, 0.2) is 60.8 Å². The zero-order valence-electron chi connectivity index (χ0n) is 14.7. The first-order chi connectivity index (χ1) is 13.1. The molecule has 136 valence electrons. The van der Waals surface area contributed by atoms with Crippen LogP contribution in [0.5, 0.6) is 0 Å². The summed E-state index contributed by atoms with van der Waals surface area (Å²) in [5, 5.41) is 3.08. The van der Waals surface area contributed by atoms with Crippen molar-refractivity contribution in [3.8, 4) is 11.3 Å². The molecule has 0 fully saturated rings. The van der Waals surface area contributed by atoms with Gasteiger partial charge in [-0.3, -0.25) is 4.79 Å². The van der Waals surface area contributed by atoms with Crippen molar-refractivity contribution in [2.24, 2.45) is 5.73 Å². The van der Waals surface area contributed by atoms with Crippen molar-refractivity contribution in [2.75, 3.05) is 11.9 Å². The number of nitrogens with zero attached hydrogens (tertiary/aromatic N) is 2. The van der Waals surface area contributed by atoms with E-state index in [9.17, 15) is 9.59 Å². The number of hydrogen-bond donors (Lipinski definition) is 2. The van der Waals surface area contributed by atoms with Crippen LogP contribution >= 0.6 is 0 Å². The van der Waals surface area contributed by atoms with E-state index in [4.69, 9.17) is 10.5 Å². The molecule has 0 aliphatic heterocycles. The first-order valence-electron chi connectivity index (χ1n) is 8.34. The van der Waals surface area contributed by atoms with Crippen molar-refractivity contribution in [3.05, 3.63) is 71.9 Å². The number of nitrogens with two attached hydrogens (primary N) is 1. The molecular weight excluding hydrogens is 344 g/mol. The number of rotatable bonds is 6.